The van der Waals surface area contributed by atoms with Crippen molar-refractivity contribution in [3.63, 3.8) is 0 Å². The summed E-state index contributed by atoms with van der Waals surface area (Å²) in [5.41, 5.74) is 2.49. The van der Waals surface area contributed by atoms with Crippen molar-refractivity contribution in [3.8, 4) is 0 Å². The molecular formula is C23H31NO2Si. The highest BCUT2D eigenvalue weighted by atomic mass is 28.4. The zero-order valence-electron chi connectivity index (χ0n) is 16.9. The minimum Gasteiger partial charge on any atom is -0.416 e. The molecular weight excluding hydrogens is 350 g/mol. The van der Waals surface area contributed by atoms with Crippen LogP contribution in [0.2, 0.25) is 19.6 Å². The standard InChI is InChI=1S/C23H31NO2Si/c1-18-22(17-26-27(2,3)4)24(16-19-11-7-5-8-12-19)21(15-23(18)25)20-13-9-6-10-14-20/h5-14,18,21-22H,15-17H2,1-4H3/t18-,21+,22+/m0/s1. The lowest BCUT2D eigenvalue weighted by atomic mass is 9.83. The quantitative estimate of drug-likeness (QED) is 0.655. The zero-order chi connectivity index (χ0) is 19.4. The molecule has 3 nitrogen and oxygen atoms in total. The number of hydrogen-bond acceptors (Lipinski definition) is 3. The fourth-order valence-electron chi connectivity index (χ4n) is 3.81. The van der Waals surface area contributed by atoms with Gasteiger partial charge in [0.2, 0.25) is 0 Å². The van der Waals surface area contributed by atoms with E-state index in [9.17, 15) is 4.79 Å². The molecule has 1 saturated heterocycles. The fourth-order valence-corrected chi connectivity index (χ4v) is 4.48. The molecule has 1 fully saturated rings. The summed E-state index contributed by atoms with van der Waals surface area (Å²) in [6.07, 6.45) is 0.571. The van der Waals surface area contributed by atoms with E-state index in [-0.39, 0.29) is 18.0 Å². The van der Waals surface area contributed by atoms with Gasteiger partial charge in [-0.05, 0) is 30.8 Å². The van der Waals surface area contributed by atoms with Gasteiger partial charge in [-0.15, -0.1) is 0 Å². The second-order valence-corrected chi connectivity index (χ2v) is 13.0. The maximum atomic E-state index is 12.8. The van der Waals surface area contributed by atoms with Crippen LogP contribution in [0.25, 0.3) is 0 Å². The lowest BCUT2D eigenvalue weighted by molar-refractivity contribution is -0.133. The van der Waals surface area contributed by atoms with Crippen LogP contribution in [-0.2, 0) is 15.8 Å². The molecule has 1 aliphatic rings. The number of carbonyl (C=O) groups is 1. The maximum absolute atomic E-state index is 12.8. The summed E-state index contributed by atoms with van der Waals surface area (Å²) >= 11 is 0. The van der Waals surface area contributed by atoms with E-state index in [0.29, 0.717) is 18.8 Å². The third-order valence-electron chi connectivity index (χ3n) is 5.39. The summed E-state index contributed by atoms with van der Waals surface area (Å²) in [6, 6.07) is 21.2. The zero-order valence-corrected chi connectivity index (χ0v) is 17.9. The van der Waals surface area contributed by atoms with Crippen LogP contribution in [0.5, 0.6) is 0 Å². The van der Waals surface area contributed by atoms with Crippen molar-refractivity contribution in [1.82, 2.24) is 4.90 Å². The number of rotatable bonds is 6. The Morgan fingerprint density at radius 2 is 1.59 bits per heavy atom. The molecule has 0 aliphatic carbocycles. The molecule has 2 aromatic rings. The molecule has 0 spiro atoms. The van der Waals surface area contributed by atoms with Gasteiger partial charge in [0.25, 0.3) is 0 Å². The van der Waals surface area contributed by atoms with E-state index in [4.69, 9.17) is 4.43 Å². The van der Waals surface area contributed by atoms with Gasteiger partial charge in [-0.3, -0.25) is 9.69 Å². The van der Waals surface area contributed by atoms with Crippen LogP contribution in [0.15, 0.2) is 60.7 Å². The lowest BCUT2D eigenvalue weighted by Gasteiger charge is -2.45. The first-order chi connectivity index (χ1) is 12.8. The molecule has 1 heterocycles. The SMILES string of the molecule is C[C@@H]1C(=O)C[C@H](c2ccccc2)N(Cc2ccccc2)[C@@H]1CO[Si](C)(C)C. The number of hydrogen-bond donors (Lipinski definition) is 0. The second kappa shape index (κ2) is 8.51. The highest BCUT2D eigenvalue weighted by Gasteiger charge is 2.41. The van der Waals surface area contributed by atoms with E-state index < -0.39 is 8.32 Å². The number of benzene rings is 2. The average molecular weight is 382 g/mol. The predicted octanol–water partition coefficient (Wildman–Crippen LogP) is 5.06. The summed E-state index contributed by atoms with van der Waals surface area (Å²) in [7, 11) is -1.65. The van der Waals surface area contributed by atoms with Crippen LogP contribution in [-0.4, -0.2) is 31.6 Å². The van der Waals surface area contributed by atoms with Crippen molar-refractivity contribution in [3.05, 3.63) is 71.8 Å². The molecule has 4 heteroatoms. The van der Waals surface area contributed by atoms with Crippen molar-refractivity contribution in [1.29, 1.82) is 0 Å². The Labute approximate surface area is 164 Å². The lowest BCUT2D eigenvalue weighted by Crippen LogP contribution is -2.53. The van der Waals surface area contributed by atoms with Gasteiger partial charge in [0.15, 0.2) is 8.32 Å². The summed E-state index contributed by atoms with van der Waals surface area (Å²) < 4.78 is 6.28. The monoisotopic (exact) mass is 381 g/mol. The van der Waals surface area contributed by atoms with Gasteiger partial charge in [-0.25, -0.2) is 0 Å². The van der Waals surface area contributed by atoms with E-state index in [2.05, 4.69) is 80.0 Å². The fraction of sp³-hybridized carbons (Fsp3) is 0.435. The molecule has 0 amide bonds. The number of carbonyl (C=O) groups excluding carboxylic acids is 1. The highest BCUT2D eigenvalue weighted by Crippen LogP contribution is 2.37. The summed E-state index contributed by atoms with van der Waals surface area (Å²) in [5, 5.41) is 0. The first kappa shape index (κ1) is 20.0. The van der Waals surface area contributed by atoms with E-state index in [0.717, 1.165) is 6.54 Å². The molecule has 3 atom stereocenters. The molecule has 0 radical (unpaired) electrons. The molecule has 0 N–H and O–H groups in total. The number of nitrogens with zero attached hydrogens (tertiary/aromatic N) is 1. The normalized spacial score (nSPS) is 24.1. The third kappa shape index (κ3) is 5.16. The van der Waals surface area contributed by atoms with Gasteiger partial charge in [0.1, 0.15) is 5.78 Å². The molecule has 0 saturated carbocycles. The van der Waals surface area contributed by atoms with Gasteiger partial charge >= 0.3 is 0 Å². The molecule has 144 valence electrons. The highest BCUT2D eigenvalue weighted by molar-refractivity contribution is 6.69. The Bertz CT molecular complexity index is 742. The number of likely N-dealkylation sites (tertiary alicyclic amines) is 1. The molecule has 0 aromatic heterocycles. The predicted molar refractivity (Wildman–Crippen MR) is 113 cm³/mol. The van der Waals surface area contributed by atoms with Crippen molar-refractivity contribution in [2.24, 2.45) is 5.92 Å². The minimum absolute atomic E-state index is 0.00924. The van der Waals surface area contributed by atoms with Crippen LogP contribution >= 0.6 is 0 Å². The second-order valence-electron chi connectivity index (χ2n) is 8.53. The maximum Gasteiger partial charge on any atom is 0.183 e. The van der Waals surface area contributed by atoms with Gasteiger partial charge in [-0.2, -0.15) is 0 Å². The van der Waals surface area contributed by atoms with Crippen LogP contribution < -0.4 is 0 Å². The third-order valence-corrected chi connectivity index (χ3v) is 6.42. The van der Waals surface area contributed by atoms with Crippen LogP contribution in [0.3, 0.4) is 0 Å². The van der Waals surface area contributed by atoms with Crippen molar-refractivity contribution < 1.29 is 9.22 Å². The van der Waals surface area contributed by atoms with Crippen molar-refractivity contribution >= 4 is 14.1 Å². The van der Waals surface area contributed by atoms with Gasteiger partial charge in [0, 0.05) is 31.0 Å². The average Bonchev–Trinajstić information content (AvgIpc) is 2.65. The number of Topliss-reactive ketones (excluding diaryl/α,β-unsaturated/α-hetero) is 1. The molecule has 0 unspecified atom stereocenters. The number of ketones is 1. The minimum atomic E-state index is -1.65. The van der Waals surface area contributed by atoms with Gasteiger partial charge in [-0.1, -0.05) is 67.6 Å². The first-order valence-electron chi connectivity index (χ1n) is 9.86. The van der Waals surface area contributed by atoms with Crippen LogP contribution in [0.4, 0.5) is 0 Å². The Balaban J connectivity index is 1.94. The summed E-state index contributed by atoms with van der Waals surface area (Å²) in [4.78, 5) is 15.3. The molecule has 0 bridgehead atoms. The van der Waals surface area contributed by atoms with Crippen LogP contribution in [0, 0.1) is 5.92 Å². The van der Waals surface area contributed by atoms with E-state index in [1.54, 1.807) is 0 Å². The molecule has 1 aliphatic heterocycles. The van der Waals surface area contributed by atoms with Crippen molar-refractivity contribution in [2.45, 2.75) is 51.6 Å². The van der Waals surface area contributed by atoms with Gasteiger partial charge in [0.05, 0.1) is 6.61 Å². The first-order valence-corrected chi connectivity index (χ1v) is 13.3. The Morgan fingerprint density at radius 1 is 1.00 bits per heavy atom. The largest absolute Gasteiger partial charge is 0.416 e. The molecule has 2 aromatic carbocycles. The van der Waals surface area contributed by atoms with E-state index in [1.807, 2.05) is 12.1 Å². The van der Waals surface area contributed by atoms with Crippen molar-refractivity contribution in [2.75, 3.05) is 6.61 Å². The smallest absolute Gasteiger partial charge is 0.183 e. The van der Waals surface area contributed by atoms with Crippen LogP contribution in [0.1, 0.15) is 30.5 Å². The van der Waals surface area contributed by atoms with E-state index in [1.165, 1.54) is 11.1 Å². The summed E-state index contributed by atoms with van der Waals surface area (Å²) in [5.74, 6) is 0.336. The molecule has 27 heavy (non-hydrogen) atoms. The summed E-state index contributed by atoms with van der Waals surface area (Å²) in [6.45, 7) is 10.1. The van der Waals surface area contributed by atoms with Gasteiger partial charge < -0.3 is 4.43 Å². The molecule has 3 rings (SSSR count). The topological polar surface area (TPSA) is 29.5 Å². The Morgan fingerprint density at radius 3 is 2.19 bits per heavy atom. The van der Waals surface area contributed by atoms with E-state index >= 15 is 0 Å². The Hall–Kier alpha value is -1.75. The Kier molecular flexibility index (Phi) is 6.30. The number of piperidine rings is 1.